The summed E-state index contributed by atoms with van der Waals surface area (Å²) in [5.41, 5.74) is 1.28. The Balaban J connectivity index is 1.95. The van der Waals surface area contributed by atoms with Crippen molar-refractivity contribution in [2.45, 2.75) is 6.92 Å². The van der Waals surface area contributed by atoms with Crippen LogP contribution in [0.5, 0.6) is 17.2 Å². The van der Waals surface area contributed by atoms with Crippen LogP contribution in [0.4, 0.5) is 5.69 Å². The molecule has 0 aliphatic rings. The Kier molecular flexibility index (Phi) is 8.36. The monoisotopic (exact) mass is 418 g/mol. The van der Waals surface area contributed by atoms with Gasteiger partial charge in [0.05, 0.1) is 19.2 Å². The normalized spacial score (nSPS) is 10.5. The zero-order valence-electron chi connectivity index (χ0n) is 16.5. The molecule has 0 saturated heterocycles. The Morgan fingerprint density at radius 3 is 2.45 bits per heavy atom. The third-order valence-corrected chi connectivity index (χ3v) is 4.03. The summed E-state index contributed by atoms with van der Waals surface area (Å²) in [4.78, 5) is 23.5. The largest absolute Gasteiger partial charge is 0.493 e. The highest BCUT2D eigenvalue weighted by Gasteiger charge is 2.10. The second kappa shape index (κ2) is 11.0. The van der Waals surface area contributed by atoms with Gasteiger partial charge in [0.15, 0.2) is 18.1 Å². The smallest absolute Gasteiger partial charge is 0.257 e. The number of ether oxygens (including phenoxy) is 3. The maximum atomic E-state index is 12.1. The highest BCUT2D eigenvalue weighted by Crippen LogP contribution is 2.36. The predicted molar refractivity (Wildman–Crippen MR) is 113 cm³/mol. The summed E-state index contributed by atoms with van der Waals surface area (Å²) in [6.45, 7) is 2.33. The number of nitrogens with one attached hydrogen (secondary N) is 2. The number of hydrogen-bond acceptors (Lipinski definition) is 5. The minimum atomic E-state index is -0.313. The molecule has 0 aliphatic heterocycles. The second-order valence-electron chi connectivity index (χ2n) is 5.83. The molecule has 0 aromatic heterocycles. The lowest BCUT2D eigenvalue weighted by atomic mass is 10.2. The van der Waals surface area contributed by atoms with Crippen molar-refractivity contribution < 1.29 is 23.8 Å². The zero-order valence-corrected chi connectivity index (χ0v) is 17.2. The number of carbonyl (C=O) groups excluding carboxylic acids is 2. The van der Waals surface area contributed by atoms with Crippen molar-refractivity contribution in [1.82, 2.24) is 5.32 Å². The maximum absolute atomic E-state index is 12.1. The highest BCUT2D eigenvalue weighted by atomic mass is 35.5. The molecule has 2 N–H and O–H groups in total. The van der Waals surface area contributed by atoms with Crippen molar-refractivity contribution in [1.29, 1.82) is 0 Å². The quantitative estimate of drug-likeness (QED) is 0.608. The Morgan fingerprint density at radius 1 is 1.10 bits per heavy atom. The van der Waals surface area contributed by atoms with E-state index >= 15 is 0 Å². The summed E-state index contributed by atoms with van der Waals surface area (Å²) < 4.78 is 15.8. The SMILES string of the molecule is CCNC(=O)COc1ccc(NC(=O)/C=C/c2cc(Cl)c(OC)c(OC)c2)cc1. The number of halogens is 1. The molecule has 0 heterocycles. The third kappa shape index (κ3) is 6.73. The molecule has 0 unspecified atom stereocenters. The van der Waals surface area contributed by atoms with Crippen LogP contribution in [0.1, 0.15) is 12.5 Å². The van der Waals surface area contributed by atoms with E-state index in [9.17, 15) is 9.59 Å². The summed E-state index contributed by atoms with van der Waals surface area (Å²) in [6, 6.07) is 10.1. The topological polar surface area (TPSA) is 85.9 Å². The number of amides is 2. The first kappa shape index (κ1) is 22.1. The van der Waals surface area contributed by atoms with Crippen LogP contribution in [-0.2, 0) is 9.59 Å². The second-order valence-corrected chi connectivity index (χ2v) is 6.23. The first-order valence-corrected chi connectivity index (χ1v) is 9.24. The van der Waals surface area contributed by atoms with E-state index in [1.165, 1.54) is 20.3 Å². The predicted octanol–water partition coefficient (Wildman–Crippen LogP) is 3.52. The molecular formula is C21H23ClN2O5. The molecule has 0 atom stereocenters. The molecule has 2 amide bonds. The van der Waals surface area contributed by atoms with Crippen molar-refractivity contribution in [2.75, 3.05) is 32.7 Å². The fourth-order valence-electron chi connectivity index (χ4n) is 2.42. The molecule has 7 nitrogen and oxygen atoms in total. The number of anilines is 1. The van der Waals surface area contributed by atoms with Crippen molar-refractivity contribution in [3.63, 3.8) is 0 Å². The third-order valence-electron chi connectivity index (χ3n) is 3.75. The Bertz CT molecular complexity index is 881. The summed E-state index contributed by atoms with van der Waals surface area (Å²) >= 11 is 6.16. The summed E-state index contributed by atoms with van der Waals surface area (Å²) in [5, 5.41) is 5.77. The molecule has 8 heteroatoms. The molecule has 0 saturated carbocycles. The number of likely N-dealkylation sites (N-methyl/N-ethyl adjacent to an activating group) is 1. The first-order valence-electron chi connectivity index (χ1n) is 8.87. The van der Waals surface area contributed by atoms with Crippen LogP contribution in [-0.4, -0.2) is 39.2 Å². The Hall–Kier alpha value is -3.19. The lowest BCUT2D eigenvalue weighted by Gasteiger charge is -2.10. The standard InChI is InChI=1S/C21H23ClN2O5/c1-4-23-20(26)13-29-16-8-6-15(7-9-16)24-19(25)10-5-14-11-17(22)21(28-3)18(12-14)27-2/h5-12H,4,13H2,1-3H3,(H,23,26)(H,24,25)/b10-5+. The van der Waals surface area contributed by atoms with E-state index in [-0.39, 0.29) is 18.4 Å². The van der Waals surface area contributed by atoms with Gasteiger partial charge in [-0.1, -0.05) is 11.6 Å². The molecule has 2 aromatic carbocycles. The number of methoxy groups -OCH3 is 2. The van der Waals surface area contributed by atoms with E-state index in [0.717, 1.165) is 0 Å². The maximum Gasteiger partial charge on any atom is 0.257 e. The van der Waals surface area contributed by atoms with Crippen LogP contribution in [0, 0.1) is 0 Å². The van der Waals surface area contributed by atoms with Gasteiger partial charge < -0.3 is 24.8 Å². The van der Waals surface area contributed by atoms with Gasteiger partial charge in [-0.3, -0.25) is 9.59 Å². The number of rotatable bonds is 9. The van der Waals surface area contributed by atoms with Gasteiger partial charge >= 0.3 is 0 Å². The van der Waals surface area contributed by atoms with E-state index in [2.05, 4.69) is 10.6 Å². The van der Waals surface area contributed by atoms with E-state index in [4.69, 9.17) is 25.8 Å². The lowest BCUT2D eigenvalue weighted by molar-refractivity contribution is -0.123. The fraction of sp³-hybridized carbons (Fsp3) is 0.238. The Labute approximate surface area is 174 Å². The number of carbonyl (C=O) groups is 2. The van der Waals surface area contributed by atoms with Crippen LogP contribution >= 0.6 is 11.6 Å². The van der Waals surface area contributed by atoms with Crippen LogP contribution in [0.2, 0.25) is 5.02 Å². The highest BCUT2D eigenvalue weighted by molar-refractivity contribution is 6.32. The van der Waals surface area contributed by atoms with Gasteiger partial charge in [0.25, 0.3) is 5.91 Å². The molecule has 0 radical (unpaired) electrons. The number of hydrogen-bond donors (Lipinski definition) is 2. The minimum absolute atomic E-state index is 0.0594. The van der Waals surface area contributed by atoms with Gasteiger partial charge in [0.1, 0.15) is 5.75 Å². The van der Waals surface area contributed by atoms with Crippen molar-refractivity contribution in [2.24, 2.45) is 0 Å². The van der Waals surface area contributed by atoms with Crippen molar-refractivity contribution >= 4 is 35.2 Å². The first-order chi connectivity index (χ1) is 14.0. The summed E-state index contributed by atoms with van der Waals surface area (Å²) in [6.07, 6.45) is 3.00. The van der Waals surface area contributed by atoms with Crippen LogP contribution in [0.15, 0.2) is 42.5 Å². The van der Waals surface area contributed by atoms with Gasteiger partial charge in [-0.05, 0) is 55.0 Å². The Morgan fingerprint density at radius 2 is 1.83 bits per heavy atom. The molecule has 0 fully saturated rings. The van der Waals surface area contributed by atoms with Gasteiger partial charge in [-0.25, -0.2) is 0 Å². The minimum Gasteiger partial charge on any atom is -0.493 e. The molecule has 2 rings (SSSR count). The van der Waals surface area contributed by atoms with Crippen LogP contribution in [0.3, 0.4) is 0 Å². The molecule has 2 aromatic rings. The van der Waals surface area contributed by atoms with E-state index < -0.39 is 0 Å². The van der Waals surface area contributed by atoms with Gasteiger partial charge in [-0.2, -0.15) is 0 Å². The summed E-state index contributed by atoms with van der Waals surface area (Å²) in [5.74, 6) is 0.940. The van der Waals surface area contributed by atoms with E-state index in [0.29, 0.717) is 40.1 Å². The number of benzene rings is 2. The van der Waals surface area contributed by atoms with Gasteiger partial charge in [0, 0.05) is 18.3 Å². The van der Waals surface area contributed by atoms with Crippen LogP contribution < -0.4 is 24.8 Å². The molecule has 154 valence electrons. The molecule has 0 spiro atoms. The average molecular weight is 419 g/mol. The van der Waals surface area contributed by atoms with E-state index in [1.807, 2.05) is 6.92 Å². The lowest BCUT2D eigenvalue weighted by Crippen LogP contribution is -2.28. The molecule has 29 heavy (non-hydrogen) atoms. The molecule has 0 aliphatic carbocycles. The van der Waals surface area contributed by atoms with Crippen molar-refractivity contribution in [3.05, 3.63) is 53.1 Å². The average Bonchev–Trinajstić information content (AvgIpc) is 2.71. The molecule has 0 bridgehead atoms. The molecular weight excluding hydrogens is 396 g/mol. The van der Waals surface area contributed by atoms with Crippen molar-refractivity contribution in [3.8, 4) is 17.2 Å². The van der Waals surface area contributed by atoms with Crippen LogP contribution in [0.25, 0.3) is 6.08 Å². The van der Waals surface area contributed by atoms with Gasteiger partial charge in [0.2, 0.25) is 5.91 Å². The summed E-state index contributed by atoms with van der Waals surface area (Å²) in [7, 11) is 3.01. The zero-order chi connectivity index (χ0) is 21.2. The van der Waals surface area contributed by atoms with Gasteiger partial charge in [-0.15, -0.1) is 0 Å². The van der Waals surface area contributed by atoms with E-state index in [1.54, 1.807) is 42.5 Å². The fourth-order valence-corrected chi connectivity index (χ4v) is 2.72.